The summed E-state index contributed by atoms with van der Waals surface area (Å²) < 4.78 is 10.4. The minimum Gasteiger partial charge on any atom is -0.460 e. The summed E-state index contributed by atoms with van der Waals surface area (Å²) in [5.74, 6) is -3.37. The van der Waals surface area contributed by atoms with Crippen molar-refractivity contribution in [2.45, 2.75) is 38.3 Å². The van der Waals surface area contributed by atoms with Crippen LogP contribution in [0.25, 0.3) is 0 Å². The van der Waals surface area contributed by atoms with Crippen LogP contribution in [0.3, 0.4) is 0 Å². The number of fused-ring (bicyclic) bond motifs is 3. The van der Waals surface area contributed by atoms with Crippen molar-refractivity contribution in [3.8, 4) is 0 Å². The Kier molecular flexibility index (Phi) is 6.71. The standard InChI is InChI=1S/C21H25NO8/c1-4-9-27-21(26)18-16-13(7-6-8-14(16)28-11-23)17-15(19(24)22(17)18)12(3)20(25)30-29-10-5-2/h4-5,11-15,17H,1-2,6-10H2,3H3/t12?,13-,14?,15+,17?/m0/s1. The number of carbonyl (C=O) groups is 4. The van der Waals surface area contributed by atoms with Crippen molar-refractivity contribution in [1.29, 1.82) is 0 Å². The minimum absolute atomic E-state index is 0.0149. The highest BCUT2D eigenvalue weighted by Crippen LogP contribution is 2.53. The first kappa shape index (κ1) is 21.8. The van der Waals surface area contributed by atoms with Gasteiger partial charge in [0.25, 0.3) is 6.47 Å². The molecule has 3 aliphatic rings. The third-order valence-corrected chi connectivity index (χ3v) is 5.83. The van der Waals surface area contributed by atoms with Gasteiger partial charge in [-0.15, -0.1) is 6.58 Å². The van der Waals surface area contributed by atoms with E-state index in [1.165, 1.54) is 17.1 Å². The van der Waals surface area contributed by atoms with E-state index in [-0.39, 0.29) is 30.7 Å². The highest BCUT2D eigenvalue weighted by Gasteiger charge is 2.64. The Labute approximate surface area is 174 Å². The van der Waals surface area contributed by atoms with Crippen LogP contribution in [0.15, 0.2) is 36.6 Å². The van der Waals surface area contributed by atoms with Crippen LogP contribution in [0.5, 0.6) is 0 Å². The molecule has 0 aromatic carbocycles. The van der Waals surface area contributed by atoms with Crippen LogP contribution in [-0.4, -0.2) is 54.6 Å². The Morgan fingerprint density at radius 2 is 1.97 bits per heavy atom. The van der Waals surface area contributed by atoms with Gasteiger partial charge in [0, 0.05) is 11.5 Å². The van der Waals surface area contributed by atoms with Crippen molar-refractivity contribution in [1.82, 2.24) is 4.90 Å². The molecule has 1 saturated heterocycles. The molecule has 2 aliphatic heterocycles. The third-order valence-electron chi connectivity index (χ3n) is 5.83. The molecule has 2 heterocycles. The summed E-state index contributed by atoms with van der Waals surface area (Å²) in [5.41, 5.74) is 0.704. The lowest BCUT2D eigenvalue weighted by Gasteiger charge is -2.48. The highest BCUT2D eigenvalue weighted by atomic mass is 17.2. The summed E-state index contributed by atoms with van der Waals surface area (Å²) in [5, 5.41) is 0. The van der Waals surface area contributed by atoms with Gasteiger partial charge >= 0.3 is 11.9 Å². The molecule has 3 unspecified atom stereocenters. The van der Waals surface area contributed by atoms with Crippen LogP contribution in [0.2, 0.25) is 0 Å². The van der Waals surface area contributed by atoms with Gasteiger partial charge in [-0.2, -0.15) is 4.89 Å². The van der Waals surface area contributed by atoms with Gasteiger partial charge in [-0.1, -0.05) is 25.7 Å². The second-order valence-corrected chi connectivity index (χ2v) is 7.44. The zero-order valence-electron chi connectivity index (χ0n) is 16.8. The van der Waals surface area contributed by atoms with Crippen molar-refractivity contribution < 1.29 is 38.4 Å². The Balaban J connectivity index is 1.88. The maximum absolute atomic E-state index is 13.0. The lowest BCUT2D eigenvalue weighted by atomic mass is 9.69. The van der Waals surface area contributed by atoms with Crippen molar-refractivity contribution in [3.05, 3.63) is 36.6 Å². The monoisotopic (exact) mass is 419 g/mol. The summed E-state index contributed by atoms with van der Waals surface area (Å²) in [6, 6.07) is -0.404. The maximum atomic E-state index is 13.0. The summed E-state index contributed by atoms with van der Waals surface area (Å²) in [6.07, 6.45) is 4.26. The van der Waals surface area contributed by atoms with Crippen LogP contribution < -0.4 is 0 Å². The van der Waals surface area contributed by atoms with Gasteiger partial charge in [0.05, 0.1) is 17.9 Å². The van der Waals surface area contributed by atoms with Crippen LogP contribution in [0.4, 0.5) is 0 Å². The molecule has 5 atom stereocenters. The molecule has 9 nitrogen and oxygen atoms in total. The van der Waals surface area contributed by atoms with E-state index in [9.17, 15) is 19.2 Å². The molecule has 0 aromatic heterocycles. The first-order valence-corrected chi connectivity index (χ1v) is 9.86. The van der Waals surface area contributed by atoms with Crippen LogP contribution in [-0.2, 0) is 38.4 Å². The van der Waals surface area contributed by atoms with Crippen molar-refractivity contribution in [2.24, 2.45) is 17.8 Å². The van der Waals surface area contributed by atoms with Crippen LogP contribution >= 0.6 is 0 Å². The average molecular weight is 419 g/mol. The van der Waals surface area contributed by atoms with E-state index in [1.54, 1.807) is 6.92 Å². The zero-order chi connectivity index (χ0) is 21.8. The molecule has 0 N–H and O–H groups in total. The quantitative estimate of drug-likeness (QED) is 0.0996. The van der Waals surface area contributed by atoms with E-state index in [4.69, 9.17) is 19.2 Å². The Morgan fingerprint density at radius 1 is 1.23 bits per heavy atom. The highest BCUT2D eigenvalue weighted by molar-refractivity contribution is 6.02. The summed E-state index contributed by atoms with van der Waals surface area (Å²) in [6.45, 7) is 8.94. The van der Waals surface area contributed by atoms with Gasteiger partial charge < -0.3 is 14.4 Å². The molecule has 3 rings (SSSR count). The van der Waals surface area contributed by atoms with Gasteiger partial charge in [-0.05, 0) is 19.3 Å². The van der Waals surface area contributed by atoms with Gasteiger partial charge in [0.1, 0.15) is 25.0 Å². The summed E-state index contributed by atoms with van der Waals surface area (Å²) >= 11 is 0. The van der Waals surface area contributed by atoms with Crippen LogP contribution in [0.1, 0.15) is 26.2 Å². The van der Waals surface area contributed by atoms with E-state index in [0.717, 1.165) is 6.42 Å². The van der Waals surface area contributed by atoms with E-state index in [0.29, 0.717) is 24.9 Å². The molecule has 2 fully saturated rings. The molecule has 1 saturated carbocycles. The predicted octanol–water partition coefficient (Wildman–Crippen LogP) is 1.45. The molecule has 0 radical (unpaired) electrons. The SMILES string of the molecule is C=CCOOC(=O)C(C)[C@H]1C(=O)N2C(C(=O)OCC=C)=C3C(OC=O)CCC[C@@H]3C12. The molecular formula is C21H25NO8. The Bertz CT molecular complexity index is 788. The number of ether oxygens (including phenoxy) is 2. The number of rotatable bonds is 10. The maximum Gasteiger partial charge on any atom is 0.355 e. The van der Waals surface area contributed by atoms with Gasteiger partial charge in [0.15, 0.2) is 0 Å². The van der Waals surface area contributed by atoms with E-state index in [2.05, 4.69) is 13.2 Å². The predicted molar refractivity (Wildman–Crippen MR) is 102 cm³/mol. The van der Waals surface area contributed by atoms with E-state index in [1.807, 2.05) is 0 Å². The number of hydrogen-bond acceptors (Lipinski definition) is 8. The topological polar surface area (TPSA) is 108 Å². The number of nitrogens with zero attached hydrogens (tertiary/aromatic N) is 1. The summed E-state index contributed by atoms with van der Waals surface area (Å²) in [4.78, 5) is 60.0. The molecule has 162 valence electrons. The number of esters is 1. The zero-order valence-corrected chi connectivity index (χ0v) is 16.8. The van der Waals surface area contributed by atoms with Crippen LogP contribution in [0, 0.1) is 17.8 Å². The molecule has 1 aliphatic carbocycles. The molecule has 1 amide bonds. The largest absolute Gasteiger partial charge is 0.460 e. The average Bonchev–Trinajstić information content (AvgIpc) is 3.04. The Hall–Kier alpha value is -2.94. The first-order chi connectivity index (χ1) is 14.5. The fraction of sp³-hybridized carbons (Fsp3) is 0.524. The fourth-order valence-electron chi connectivity index (χ4n) is 4.62. The molecule has 0 spiro atoms. The lowest BCUT2D eigenvalue weighted by molar-refractivity contribution is -0.271. The fourth-order valence-corrected chi connectivity index (χ4v) is 4.62. The smallest absolute Gasteiger partial charge is 0.355 e. The third kappa shape index (κ3) is 3.65. The van der Waals surface area contributed by atoms with Crippen molar-refractivity contribution in [3.63, 3.8) is 0 Å². The second-order valence-electron chi connectivity index (χ2n) is 7.44. The first-order valence-electron chi connectivity index (χ1n) is 9.86. The normalized spacial score (nSPS) is 27.9. The second kappa shape index (κ2) is 9.25. The number of amides is 1. The minimum atomic E-state index is -0.777. The van der Waals surface area contributed by atoms with Gasteiger partial charge in [-0.3, -0.25) is 14.5 Å². The molecular weight excluding hydrogens is 394 g/mol. The number of carbonyl (C=O) groups excluding carboxylic acids is 4. The molecule has 30 heavy (non-hydrogen) atoms. The molecule has 0 aromatic rings. The van der Waals surface area contributed by atoms with E-state index >= 15 is 0 Å². The van der Waals surface area contributed by atoms with Gasteiger partial charge in [-0.25, -0.2) is 9.59 Å². The van der Waals surface area contributed by atoms with Gasteiger partial charge in [0.2, 0.25) is 5.91 Å². The van der Waals surface area contributed by atoms with Crippen molar-refractivity contribution >= 4 is 24.3 Å². The number of β-lactam (4-membered cyclic amide) rings is 1. The summed E-state index contributed by atoms with van der Waals surface area (Å²) in [7, 11) is 0. The molecule has 9 heteroatoms. The lowest BCUT2D eigenvalue weighted by Crippen LogP contribution is -2.63. The Morgan fingerprint density at radius 3 is 2.63 bits per heavy atom. The molecule has 0 bridgehead atoms. The number of hydrogen-bond donors (Lipinski definition) is 0. The van der Waals surface area contributed by atoms with E-state index < -0.39 is 35.9 Å². The van der Waals surface area contributed by atoms with Crippen molar-refractivity contribution in [2.75, 3.05) is 13.2 Å².